The molecule has 0 aliphatic rings. The number of fused-ring (bicyclic) bond motifs is 1. The van der Waals surface area contributed by atoms with E-state index in [0.717, 1.165) is 78.0 Å². The third-order valence-corrected chi connectivity index (χ3v) is 13.4. The zero-order valence-corrected chi connectivity index (χ0v) is 40.7. The molecule has 1 N–H and O–H groups in total. The zero-order valence-electron chi connectivity index (χ0n) is 43.7. The number of hydrogen-bond donors (Lipinski definition) is 1. The molecular formula is C65H59N3O. The average Bonchev–Trinajstić information content (AvgIpc) is 3.76. The molecule has 0 unspecified atom stereocenters. The van der Waals surface area contributed by atoms with Crippen LogP contribution in [0.2, 0.25) is 0 Å². The second-order valence-corrected chi connectivity index (χ2v) is 20.5. The van der Waals surface area contributed by atoms with Crippen LogP contribution in [0.25, 0.3) is 95.0 Å². The molecule has 0 aliphatic carbocycles. The van der Waals surface area contributed by atoms with E-state index < -0.39 is 6.85 Å². The van der Waals surface area contributed by atoms with Gasteiger partial charge in [0.15, 0.2) is 0 Å². The lowest BCUT2D eigenvalue weighted by Gasteiger charge is -2.22. The number of aromatic hydroxyl groups is 1. The van der Waals surface area contributed by atoms with Crippen LogP contribution in [0.15, 0.2) is 188 Å². The number of aryl methyl sites for hydroxylation is 3. The first-order chi connectivity index (χ1) is 34.3. The Bertz CT molecular complexity index is 3630. The normalized spacial score (nSPS) is 12.7. The molecule has 0 saturated carbocycles. The van der Waals surface area contributed by atoms with Crippen LogP contribution in [0.3, 0.4) is 0 Å². The lowest BCUT2D eigenvalue weighted by Crippen LogP contribution is -2.11. The Kier molecular flexibility index (Phi) is 10.6. The van der Waals surface area contributed by atoms with E-state index in [1.165, 1.54) is 5.56 Å². The molecule has 10 rings (SSSR count). The summed E-state index contributed by atoms with van der Waals surface area (Å²) >= 11 is 0. The predicted octanol–water partition coefficient (Wildman–Crippen LogP) is 17.3. The maximum Gasteiger partial charge on any atom is 0.149 e. The van der Waals surface area contributed by atoms with Crippen molar-refractivity contribution < 1.29 is 9.22 Å². The Morgan fingerprint density at radius 2 is 1.07 bits per heavy atom. The summed E-state index contributed by atoms with van der Waals surface area (Å²) in [4.78, 5) is 10.5. The molecule has 10 aromatic rings. The number of hydrogen-bond acceptors (Lipinski definition) is 3. The van der Waals surface area contributed by atoms with E-state index >= 15 is 0 Å². The molecule has 0 bridgehead atoms. The SMILES string of the molecule is [2H]C([2H])([2H])c1cc(-n2c(-c3cc(C)cc(C)c3O)nc3c(-c4cc(-c5cc(-c6ccc(-c7ccccc7)cc6)ccn5)cc(C(C)(C)C)c4)cccc32)c(-c2ccccc2)cc1-c1ccc(C(C)(C)C)cc1. The first kappa shape index (κ1) is 41.4. The fourth-order valence-electron chi connectivity index (χ4n) is 9.52. The summed E-state index contributed by atoms with van der Waals surface area (Å²) < 4.78 is 29.2. The number of nitrogens with zero attached hydrogens (tertiary/aromatic N) is 3. The molecular weight excluding hydrogens is 839 g/mol. The Balaban J connectivity index is 1.21. The maximum absolute atomic E-state index is 12.0. The largest absolute Gasteiger partial charge is 0.507 e. The molecule has 0 aliphatic heterocycles. The number of para-hydroxylation sites is 1. The number of aromatic nitrogens is 3. The van der Waals surface area contributed by atoms with Gasteiger partial charge in [0.25, 0.3) is 0 Å². The molecule has 0 fully saturated rings. The second kappa shape index (κ2) is 17.7. The first-order valence-electron chi connectivity index (χ1n) is 25.3. The molecule has 0 radical (unpaired) electrons. The highest BCUT2D eigenvalue weighted by molar-refractivity contribution is 5.98. The minimum Gasteiger partial charge on any atom is -0.507 e. The average molecular weight is 901 g/mol. The Labute approximate surface area is 411 Å². The van der Waals surface area contributed by atoms with Crippen molar-refractivity contribution in [2.45, 2.75) is 73.1 Å². The van der Waals surface area contributed by atoms with Crippen LogP contribution < -0.4 is 0 Å². The van der Waals surface area contributed by atoms with Crippen LogP contribution >= 0.6 is 0 Å². The summed E-state index contributed by atoms with van der Waals surface area (Å²) in [5.74, 6) is 0.613. The van der Waals surface area contributed by atoms with Crippen molar-refractivity contribution in [2.24, 2.45) is 0 Å². The summed E-state index contributed by atoms with van der Waals surface area (Å²) in [6.45, 7) is 14.6. The second-order valence-electron chi connectivity index (χ2n) is 20.5. The van der Waals surface area contributed by atoms with E-state index in [9.17, 15) is 5.11 Å². The Hall–Kier alpha value is -7.82. The van der Waals surface area contributed by atoms with Crippen molar-refractivity contribution >= 4 is 11.0 Å². The molecule has 69 heavy (non-hydrogen) atoms. The van der Waals surface area contributed by atoms with Gasteiger partial charge < -0.3 is 5.11 Å². The van der Waals surface area contributed by atoms with Crippen LogP contribution in [0.1, 0.15) is 73.5 Å². The highest BCUT2D eigenvalue weighted by Gasteiger charge is 2.25. The summed E-state index contributed by atoms with van der Waals surface area (Å²) in [5.41, 5.74) is 17.9. The topological polar surface area (TPSA) is 50.9 Å². The van der Waals surface area contributed by atoms with E-state index in [4.69, 9.17) is 14.1 Å². The van der Waals surface area contributed by atoms with Gasteiger partial charge >= 0.3 is 0 Å². The monoisotopic (exact) mass is 900 g/mol. The lowest BCUT2D eigenvalue weighted by molar-refractivity contribution is 0.472. The van der Waals surface area contributed by atoms with Gasteiger partial charge in [-0.3, -0.25) is 9.55 Å². The smallest absolute Gasteiger partial charge is 0.149 e. The molecule has 4 nitrogen and oxygen atoms in total. The molecule has 0 saturated heterocycles. The number of rotatable bonds is 8. The van der Waals surface area contributed by atoms with Gasteiger partial charge in [-0.1, -0.05) is 175 Å². The van der Waals surface area contributed by atoms with E-state index in [1.54, 1.807) is 0 Å². The first-order valence-corrected chi connectivity index (χ1v) is 23.8. The number of benzene rings is 8. The quantitative estimate of drug-likeness (QED) is 0.165. The molecule has 8 aromatic carbocycles. The number of pyridine rings is 1. The number of phenols is 1. The third-order valence-electron chi connectivity index (χ3n) is 13.4. The summed E-state index contributed by atoms with van der Waals surface area (Å²) in [5, 5.41) is 12.0. The molecule has 2 aromatic heterocycles. The van der Waals surface area contributed by atoms with Gasteiger partial charge in [-0.25, -0.2) is 4.98 Å². The van der Waals surface area contributed by atoms with Crippen molar-refractivity contribution in [1.29, 1.82) is 0 Å². The van der Waals surface area contributed by atoms with Crippen LogP contribution in [-0.4, -0.2) is 19.6 Å². The highest BCUT2D eigenvalue weighted by atomic mass is 16.3. The van der Waals surface area contributed by atoms with E-state index in [-0.39, 0.29) is 22.1 Å². The van der Waals surface area contributed by atoms with E-state index in [2.05, 4.69) is 155 Å². The van der Waals surface area contributed by atoms with Crippen molar-refractivity contribution in [3.8, 4) is 89.7 Å². The summed E-state index contributed by atoms with van der Waals surface area (Å²) in [7, 11) is 0. The van der Waals surface area contributed by atoms with Gasteiger partial charge in [0.2, 0.25) is 0 Å². The Morgan fingerprint density at radius 1 is 0.464 bits per heavy atom. The molecule has 2 heterocycles. The van der Waals surface area contributed by atoms with Crippen LogP contribution in [-0.2, 0) is 10.8 Å². The number of phenolic OH excluding ortho intramolecular Hbond substituents is 1. The Morgan fingerprint density at radius 3 is 1.74 bits per heavy atom. The number of imidazole rings is 1. The van der Waals surface area contributed by atoms with Gasteiger partial charge in [0, 0.05) is 27.0 Å². The minimum atomic E-state index is -2.48. The van der Waals surface area contributed by atoms with E-state index in [1.807, 2.05) is 92.8 Å². The van der Waals surface area contributed by atoms with Gasteiger partial charge in [-0.15, -0.1) is 0 Å². The van der Waals surface area contributed by atoms with Gasteiger partial charge in [-0.2, -0.15) is 0 Å². The summed E-state index contributed by atoms with van der Waals surface area (Å²) in [6, 6.07) is 62.3. The van der Waals surface area contributed by atoms with Gasteiger partial charge in [0.05, 0.1) is 28.0 Å². The highest BCUT2D eigenvalue weighted by Crippen LogP contribution is 2.44. The van der Waals surface area contributed by atoms with Crippen LogP contribution in [0, 0.1) is 20.7 Å². The van der Waals surface area contributed by atoms with Gasteiger partial charge in [-0.05, 0) is 152 Å². The van der Waals surface area contributed by atoms with E-state index in [0.29, 0.717) is 33.7 Å². The standard InChI is InChI=1S/C65H59N3O/c1-41-33-43(3)62(69)57(34-41)63-67-61-54(50-36-51(38-53(37-50)65(7,8)9)58-39-49(31-32-66-58)46-25-23-45(24-26-46)44-17-12-10-13-18-44)21-16-22-59(61)68(63)60-35-42(2)55(40-56(60)47-19-14-11-15-20-47)48-27-29-52(30-28-48)64(4,5)6/h10-40,69H,1-9H3/i2D3. The van der Waals surface area contributed by atoms with Crippen molar-refractivity contribution in [2.75, 3.05) is 0 Å². The van der Waals surface area contributed by atoms with Crippen LogP contribution in [0.5, 0.6) is 5.75 Å². The zero-order chi connectivity index (χ0) is 50.7. The van der Waals surface area contributed by atoms with Crippen LogP contribution in [0.4, 0.5) is 0 Å². The predicted molar refractivity (Wildman–Crippen MR) is 290 cm³/mol. The van der Waals surface area contributed by atoms with Crippen molar-refractivity contribution in [3.05, 3.63) is 216 Å². The van der Waals surface area contributed by atoms with Crippen molar-refractivity contribution in [3.63, 3.8) is 0 Å². The van der Waals surface area contributed by atoms with Crippen molar-refractivity contribution in [1.82, 2.24) is 14.5 Å². The minimum absolute atomic E-state index is 0.0734. The molecule has 4 heteroatoms. The molecule has 340 valence electrons. The fraction of sp³-hybridized carbons (Fsp3) is 0.169. The third kappa shape index (κ3) is 8.80. The summed E-state index contributed by atoms with van der Waals surface area (Å²) in [6.07, 6.45) is 1.88. The molecule has 0 spiro atoms. The molecule has 0 atom stereocenters. The van der Waals surface area contributed by atoms with Gasteiger partial charge in [0.1, 0.15) is 11.6 Å². The maximum atomic E-state index is 12.0. The molecule has 0 amide bonds. The lowest BCUT2D eigenvalue weighted by atomic mass is 9.83. The fourth-order valence-corrected chi connectivity index (χ4v) is 9.52.